The lowest BCUT2D eigenvalue weighted by molar-refractivity contribution is -0.384. The maximum absolute atomic E-state index is 11.0. The van der Waals surface area contributed by atoms with Crippen LogP contribution < -0.4 is 10.2 Å². The van der Waals surface area contributed by atoms with Gasteiger partial charge in [-0.25, -0.2) is 0 Å². The lowest BCUT2D eigenvalue weighted by atomic mass is 9.77. The lowest BCUT2D eigenvalue weighted by Gasteiger charge is -2.26. The number of rotatable bonds is 3. The van der Waals surface area contributed by atoms with E-state index in [1.807, 2.05) is 18.2 Å². The summed E-state index contributed by atoms with van der Waals surface area (Å²) in [5.41, 5.74) is 7.61. The van der Waals surface area contributed by atoms with Gasteiger partial charge >= 0.3 is 0 Å². The van der Waals surface area contributed by atoms with Crippen molar-refractivity contribution in [1.29, 1.82) is 0 Å². The van der Waals surface area contributed by atoms with Crippen molar-refractivity contribution >= 4 is 11.4 Å². The van der Waals surface area contributed by atoms with Crippen LogP contribution in [0.3, 0.4) is 0 Å². The molecule has 0 unspecified atom stereocenters. The standard InChI is InChI=1S/C18H17N3O3/c1-24-14-7-5-11-6-8-15-17(19-20-18(15)16(11)10-14)12-3-2-4-13(9-12)21(22)23/h2-5,7,9-10,15,17,19H,6,8H2,1H3/t15-,17-/m1/s1. The summed E-state index contributed by atoms with van der Waals surface area (Å²) in [4.78, 5) is 10.7. The van der Waals surface area contributed by atoms with Crippen molar-refractivity contribution < 1.29 is 9.66 Å². The number of nitro groups is 1. The van der Waals surface area contributed by atoms with E-state index in [2.05, 4.69) is 16.6 Å². The van der Waals surface area contributed by atoms with Crippen LogP contribution in [0, 0.1) is 16.0 Å². The molecule has 1 heterocycles. The van der Waals surface area contributed by atoms with Crippen LogP contribution in [0.1, 0.15) is 29.2 Å². The molecule has 2 atom stereocenters. The zero-order valence-corrected chi connectivity index (χ0v) is 13.2. The first-order valence-corrected chi connectivity index (χ1v) is 7.92. The molecule has 2 aliphatic rings. The van der Waals surface area contributed by atoms with Crippen LogP contribution in [0.4, 0.5) is 5.69 Å². The highest BCUT2D eigenvalue weighted by molar-refractivity contribution is 6.06. The molecule has 122 valence electrons. The molecule has 24 heavy (non-hydrogen) atoms. The smallest absolute Gasteiger partial charge is 0.269 e. The molecule has 1 aliphatic carbocycles. The van der Waals surface area contributed by atoms with Crippen molar-refractivity contribution in [3.05, 3.63) is 69.3 Å². The molecule has 0 saturated carbocycles. The third-order valence-electron chi connectivity index (χ3n) is 4.84. The maximum Gasteiger partial charge on any atom is 0.269 e. The summed E-state index contributed by atoms with van der Waals surface area (Å²) in [7, 11) is 1.66. The van der Waals surface area contributed by atoms with Crippen molar-refractivity contribution in [2.45, 2.75) is 18.9 Å². The van der Waals surface area contributed by atoms with Gasteiger partial charge in [-0.15, -0.1) is 0 Å². The van der Waals surface area contributed by atoms with Gasteiger partial charge in [-0.3, -0.25) is 10.1 Å². The SMILES string of the molecule is COc1ccc2c(c1)C1=NN[C@H](c3cccc([N+](=O)[O-])c3)[C@H]1CC2. The Labute approximate surface area is 139 Å². The van der Waals surface area contributed by atoms with Gasteiger partial charge in [0, 0.05) is 23.6 Å². The minimum absolute atomic E-state index is 0.0285. The van der Waals surface area contributed by atoms with Crippen molar-refractivity contribution in [2.24, 2.45) is 11.0 Å². The molecule has 0 fully saturated rings. The summed E-state index contributed by atoms with van der Waals surface area (Å²) < 4.78 is 5.33. The van der Waals surface area contributed by atoms with Crippen LogP contribution in [0.5, 0.6) is 5.75 Å². The van der Waals surface area contributed by atoms with E-state index in [1.165, 1.54) is 11.6 Å². The molecule has 1 N–H and O–H groups in total. The van der Waals surface area contributed by atoms with Gasteiger partial charge in [-0.05, 0) is 36.1 Å². The zero-order valence-electron chi connectivity index (χ0n) is 13.2. The third kappa shape index (κ3) is 2.31. The molecule has 0 radical (unpaired) electrons. The second kappa shape index (κ2) is 5.63. The minimum Gasteiger partial charge on any atom is -0.497 e. The Morgan fingerprint density at radius 3 is 2.96 bits per heavy atom. The van der Waals surface area contributed by atoms with E-state index in [1.54, 1.807) is 19.2 Å². The van der Waals surface area contributed by atoms with E-state index in [9.17, 15) is 10.1 Å². The number of hydrogen-bond acceptors (Lipinski definition) is 5. The van der Waals surface area contributed by atoms with Gasteiger partial charge < -0.3 is 10.2 Å². The summed E-state index contributed by atoms with van der Waals surface area (Å²) in [6.45, 7) is 0. The first-order chi connectivity index (χ1) is 11.7. The van der Waals surface area contributed by atoms with E-state index < -0.39 is 0 Å². The summed E-state index contributed by atoms with van der Waals surface area (Å²) in [6.07, 6.45) is 1.94. The minimum atomic E-state index is -0.360. The monoisotopic (exact) mass is 323 g/mol. The molecule has 1 aliphatic heterocycles. The van der Waals surface area contributed by atoms with Gasteiger partial charge in [-0.2, -0.15) is 5.10 Å². The van der Waals surface area contributed by atoms with Crippen molar-refractivity contribution in [3.8, 4) is 5.75 Å². The molecule has 0 spiro atoms. The maximum atomic E-state index is 11.0. The quantitative estimate of drug-likeness (QED) is 0.695. The van der Waals surface area contributed by atoms with Crippen LogP contribution in [0.15, 0.2) is 47.6 Å². The molecule has 6 heteroatoms. The molecule has 6 nitrogen and oxygen atoms in total. The average Bonchev–Trinajstić information content (AvgIpc) is 3.06. The number of non-ortho nitro benzene ring substituents is 1. The van der Waals surface area contributed by atoms with Crippen LogP contribution in [-0.2, 0) is 6.42 Å². The number of benzene rings is 2. The zero-order chi connectivity index (χ0) is 16.7. The fourth-order valence-electron chi connectivity index (χ4n) is 3.62. The number of ether oxygens (including phenoxy) is 1. The number of fused-ring (bicyclic) bond motifs is 3. The third-order valence-corrected chi connectivity index (χ3v) is 4.84. The molecule has 4 rings (SSSR count). The highest BCUT2D eigenvalue weighted by atomic mass is 16.6. The molecule has 2 aromatic carbocycles. The van der Waals surface area contributed by atoms with Gasteiger partial charge in [0.1, 0.15) is 5.75 Å². The van der Waals surface area contributed by atoms with Gasteiger partial charge in [0.2, 0.25) is 0 Å². The molecule has 0 amide bonds. The largest absolute Gasteiger partial charge is 0.497 e. The number of nitrogens with one attached hydrogen (secondary N) is 1. The van der Waals surface area contributed by atoms with E-state index in [0.717, 1.165) is 35.4 Å². The summed E-state index contributed by atoms with van der Waals surface area (Å²) in [5.74, 6) is 1.03. The second-order valence-corrected chi connectivity index (χ2v) is 6.12. The van der Waals surface area contributed by atoms with Crippen LogP contribution >= 0.6 is 0 Å². The Kier molecular flexibility index (Phi) is 3.45. The Hall–Kier alpha value is -2.89. The van der Waals surface area contributed by atoms with Crippen LogP contribution in [-0.4, -0.2) is 17.7 Å². The number of nitrogens with zero attached hydrogens (tertiary/aromatic N) is 2. The van der Waals surface area contributed by atoms with E-state index in [-0.39, 0.29) is 22.6 Å². The molecule has 0 aromatic heterocycles. The van der Waals surface area contributed by atoms with Gasteiger partial charge in [0.25, 0.3) is 5.69 Å². The number of nitro benzene ring substituents is 1. The first-order valence-electron chi connectivity index (χ1n) is 7.92. The summed E-state index contributed by atoms with van der Waals surface area (Å²) in [6, 6.07) is 12.9. The van der Waals surface area contributed by atoms with Crippen molar-refractivity contribution in [3.63, 3.8) is 0 Å². The highest BCUT2D eigenvalue weighted by Gasteiger charge is 2.37. The fraction of sp³-hybridized carbons (Fsp3) is 0.278. The Morgan fingerprint density at radius 2 is 2.17 bits per heavy atom. The Morgan fingerprint density at radius 1 is 1.29 bits per heavy atom. The first kappa shape index (κ1) is 14.7. The number of hydrogen-bond donors (Lipinski definition) is 1. The predicted octanol–water partition coefficient (Wildman–Crippen LogP) is 3.21. The average molecular weight is 323 g/mol. The topological polar surface area (TPSA) is 76.8 Å². The van der Waals surface area contributed by atoms with E-state index in [4.69, 9.17) is 4.74 Å². The van der Waals surface area contributed by atoms with Crippen LogP contribution in [0.25, 0.3) is 0 Å². The van der Waals surface area contributed by atoms with E-state index in [0.29, 0.717) is 0 Å². The fourth-order valence-corrected chi connectivity index (χ4v) is 3.62. The van der Waals surface area contributed by atoms with Crippen LogP contribution in [0.2, 0.25) is 0 Å². The van der Waals surface area contributed by atoms with E-state index >= 15 is 0 Å². The second-order valence-electron chi connectivity index (χ2n) is 6.12. The lowest BCUT2D eigenvalue weighted by Crippen LogP contribution is -2.26. The van der Waals surface area contributed by atoms with Gasteiger partial charge in [0.05, 0.1) is 23.8 Å². The molecule has 0 bridgehead atoms. The number of hydrazone groups is 1. The number of methoxy groups -OCH3 is 1. The Balaban J connectivity index is 1.68. The van der Waals surface area contributed by atoms with Crippen molar-refractivity contribution in [2.75, 3.05) is 7.11 Å². The number of aryl methyl sites for hydroxylation is 1. The molecule has 2 aromatic rings. The van der Waals surface area contributed by atoms with Crippen molar-refractivity contribution in [1.82, 2.24) is 5.43 Å². The van der Waals surface area contributed by atoms with Gasteiger partial charge in [0.15, 0.2) is 0 Å². The highest BCUT2D eigenvalue weighted by Crippen LogP contribution is 2.39. The van der Waals surface area contributed by atoms with Gasteiger partial charge in [-0.1, -0.05) is 18.2 Å². The summed E-state index contributed by atoms with van der Waals surface area (Å²) in [5, 5.41) is 15.6. The normalized spacial score (nSPS) is 21.3. The molecular weight excluding hydrogens is 306 g/mol. The predicted molar refractivity (Wildman–Crippen MR) is 90.3 cm³/mol. The molecular formula is C18H17N3O3. The summed E-state index contributed by atoms with van der Waals surface area (Å²) >= 11 is 0. The Bertz CT molecular complexity index is 847. The molecule has 0 saturated heterocycles.